The number of pyridine rings is 1. The van der Waals surface area contributed by atoms with Crippen LogP contribution in [-0.4, -0.2) is 11.2 Å². The number of aromatic nitrogens is 1. The van der Waals surface area contributed by atoms with Gasteiger partial charge in [0.1, 0.15) is 10.8 Å². The van der Waals surface area contributed by atoms with Crippen molar-refractivity contribution in [3.8, 4) is 0 Å². The van der Waals surface area contributed by atoms with Gasteiger partial charge in [-0.2, -0.15) is 0 Å². The summed E-state index contributed by atoms with van der Waals surface area (Å²) in [6, 6.07) is 2.04. The van der Waals surface area contributed by atoms with E-state index in [4.69, 9.17) is 0 Å². The maximum atomic E-state index is 14.4. The van der Waals surface area contributed by atoms with Crippen molar-refractivity contribution in [3.63, 3.8) is 0 Å². The van der Waals surface area contributed by atoms with E-state index in [1.54, 1.807) is 11.8 Å². The van der Waals surface area contributed by atoms with Crippen LogP contribution in [0.15, 0.2) is 11.1 Å². The zero-order valence-electron chi connectivity index (χ0n) is 10.8. The molecule has 2 aromatic rings. The number of hydrogen-bond donors (Lipinski definition) is 0. The fourth-order valence-electron chi connectivity index (χ4n) is 2.04. The third-order valence-corrected chi connectivity index (χ3v) is 4.08. The molecule has 0 radical (unpaired) electrons. The van der Waals surface area contributed by atoms with Crippen LogP contribution in [-0.2, 0) is 0 Å². The van der Waals surface area contributed by atoms with Gasteiger partial charge in [0.25, 0.3) is 0 Å². The zero-order chi connectivity index (χ0) is 12.7. The molecule has 0 amide bonds. The van der Waals surface area contributed by atoms with Crippen molar-refractivity contribution >= 4 is 22.5 Å². The van der Waals surface area contributed by atoms with Gasteiger partial charge in [-0.3, -0.25) is 0 Å². The topological polar surface area (TPSA) is 12.9 Å². The van der Waals surface area contributed by atoms with Gasteiger partial charge in [0.15, 0.2) is 0 Å². The summed E-state index contributed by atoms with van der Waals surface area (Å²) in [5.41, 5.74) is 3.57. The van der Waals surface area contributed by atoms with E-state index in [1.807, 2.05) is 40.0 Å². The summed E-state index contributed by atoms with van der Waals surface area (Å²) < 4.78 is 14.4. The minimum absolute atomic E-state index is 0.0988. The molecular formula is C14H16FNS. The number of halogens is 1. The Morgan fingerprint density at radius 3 is 2.35 bits per heavy atom. The number of aryl methyl sites for hydroxylation is 3. The molecule has 1 aromatic heterocycles. The first kappa shape index (κ1) is 12.4. The predicted molar refractivity (Wildman–Crippen MR) is 72.4 cm³/mol. The van der Waals surface area contributed by atoms with Crippen LogP contribution in [0.4, 0.5) is 4.39 Å². The Balaban J connectivity index is 3.04. The average molecular weight is 249 g/mol. The summed E-state index contributed by atoms with van der Waals surface area (Å²) in [7, 11) is 0. The van der Waals surface area contributed by atoms with Crippen LogP contribution in [0.1, 0.15) is 22.4 Å². The van der Waals surface area contributed by atoms with Gasteiger partial charge in [-0.1, -0.05) is 0 Å². The summed E-state index contributed by atoms with van der Waals surface area (Å²) >= 11 is 1.57. The summed E-state index contributed by atoms with van der Waals surface area (Å²) in [4.78, 5) is 4.53. The van der Waals surface area contributed by atoms with Crippen LogP contribution in [0, 0.1) is 33.5 Å². The van der Waals surface area contributed by atoms with Crippen molar-refractivity contribution in [1.82, 2.24) is 4.98 Å². The molecule has 0 saturated carbocycles. The monoisotopic (exact) mass is 249 g/mol. The van der Waals surface area contributed by atoms with E-state index in [2.05, 4.69) is 4.98 Å². The number of hydrogen-bond acceptors (Lipinski definition) is 2. The van der Waals surface area contributed by atoms with Crippen molar-refractivity contribution in [2.24, 2.45) is 0 Å². The molecule has 1 aromatic carbocycles. The van der Waals surface area contributed by atoms with Gasteiger partial charge in [-0.15, -0.1) is 11.8 Å². The number of benzene rings is 1. The summed E-state index contributed by atoms with van der Waals surface area (Å²) in [6.07, 6.45) is 1.98. The first-order valence-corrected chi connectivity index (χ1v) is 6.80. The lowest BCUT2D eigenvalue weighted by Crippen LogP contribution is -1.98. The van der Waals surface area contributed by atoms with E-state index >= 15 is 0 Å². The highest BCUT2D eigenvalue weighted by molar-refractivity contribution is 7.98. The maximum Gasteiger partial charge on any atom is 0.134 e. The molecule has 0 saturated heterocycles. The first-order valence-electron chi connectivity index (χ1n) is 5.58. The van der Waals surface area contributed by atoms with Crippen molar-refractivity contribution in [2.45, 2.75) is 32.7 Å². The maximum absolute atomic E-state index is 14.4. The van der Waals surface area contributed by atoms with Crippen molar-refractivity contribution in [1.29, 1.82) is 0 Å². The molecule has 90 valence electrons. The van der Waals surface area contributed by atoms with Crippen LogP contribution in [0.25, 0.3) is 10.8 Å². The molecule has 1 heterocycles. The van der Waals surface area contributed by atoms with E-state index in [9.17, 15) is 4.39 Å². The highest BCUT2D eigenvalue weighted by Crippen LogP contribution is 2.33. The van der Waals surface area contributed by atoms with Gasteiger partial charge >= 0.3 is 0 Å². The lowest BCUT2D eigenvalue weighted by molar-refractivity contribution is 0.628. The second-order valence-electron chi connectivity index (χ2n) is 4.39. The molecule has 0 aliphatic rings. The molecular weight excluding hydrogens is 233 g/mol. The molecule has 0 spiro atoms. The molecule has 0 N–H and O–H groups in total. The molecule has 0 bridgehead atoms. The van der Waals surface area contributed by atoms with Crippen LogP contribution in [0.2, 0.25) is 0 Å². The van der Waals surface area contributed by atoms with Gasteiger partial charge in [-0.05, 0) is 56.7 Å². The second kappa shape index (κ2) is 4.30. The standard InChI is InChI=1S/C14H16FNS/c1-7-6-11-12(13(15)8(7)2)9(3)10(4)16-14(11)17-5/h6H,1-5H3. The van der Waals surface area contributed by atoms with Gasteiger partial charge in [0.05, 0.1) is 0 Å². The van der Waals surface area contributed by atoms with Crippen molar-refractivity contribution < 1.29 is 4.39 Å². The molecule has 0 aliphatic carbocycles. The lowest BCUT2D eigenvalue weighted by atomic mass is 9.99. The first-order chi connectivity index (χ1) is 7.97. The quantitative estimate of drug-likeness (QED) is 0.698. The Hall–Kier alpha value is -1.09. The Kier molecular flexibility index (Phi) is 3.13. The third-order valence-electron chi connectivity index (χ3n) is 3.38. The smallest absolute Gasteiger partial charge is 0.134 e. The number of fused-ring (bicyclic) bond motifs is 1. The SMILES string of the molecule is CSc1nc(C)c(C)c2c(F)c(C)c(C)cc12. The van der Waals surface area contributed by atoms with Gasteiger partial charge < -0.3 is 0 Å². The molecule has 2 rings (SSSR count). The normalized spacial score (nSPS) is 11.2. The molecule has 3 heteroatoms. The highest BCUT2D eigenvalue weighted by Gasteiger charge is 2.15. The molecule has 17 heavy (non-hydrogen) atoms. The largest absolute Gasteiger partial charge is 0.246 e. The Labute approximate surface area is 105 Å². The zero-order valence-corrected chi connectivity index (χ0v) is 11.6. The number of thioether (sulfide) groups is 1. The summed E-state index contributed by atoms with van der Waals surface area (Å²) in [5, 5.41) is 2.57. The molecule has 0 unspecified atom stereocenters. The minimum Gasteiger partial charge on any atom is -0.246 e. The molecule has 0 fully saturated rings. The Bertz CT molecular complexity index is 605. The highest BCUT2D eigenvalue weighted by atomic mass is 32.2. The summed E-state index contributed by atoms with van der Waals surface area (Å²) in [5.74, 6) is -0.0988. The van der Waals surface area contributed by atoms with Crippen LogP contribution in [0.3, 0.4) is 0 Å². The Morgan fingerprint density at radius 1 is 1.12 bits per heavy atom. The Morgan fingerprint density at radius 2 is 1.76 bits per heavy atom. The second-order valence-corrected chi connectivity index (χ2v) is 5.18. The molecule has 0 aliphatic heterocycles. The van der Waals surface area contributed by atoms with Crippen LogP contribution in [0.5, 0.6) is 0 Å². The number of nitrogens with zero attached hydrogens (tertiary/aromatic N) is 1. The fourth-order valence-corrected chi connectivity index (χ4v) is 2.65. The van der Waals surface area contributed by atoms with Crippen molar-refractivity contribution in [3.05, 3.63) is 34.3 Å². The van der Waals surface area contributed by atoms with Crippen molar-refractivity contribution in [2.75, 3.05) is 6.26 Å². The van der Waals surface area contributed by atoms with E-state index < -0.39 is 0 Å². The lowest BCUT2D eigenvalue weighted by Gasteiger charge is -2.13. The molecule has 1 nitrogen and oxygen atoms in total. The van der Waals surface area contributed by atoms with E-state index in [1.165, 1.54) is 0 Å². The third kappa shape index (κ3) is 1.82. The average Bonchev–Trinajstić information content (AvgIpc) is 2.30. The van der Waals surface area contributed by atoms with Gasteiger partial charge in [0.2, 0.25) is 0 Å². The molecule has 0 atom stereocenters. The predicted octanol–water partition coefficient (Wildman–Crippen LogP) is 4.33. The van der Waals surface area contributed by atoms with Crippen LogP contribution < -0.4 is 0 Å². The van der Waals surface area contributed by atoms with Gasteiger partial charge in [-0.25, -0.2) is 9.37 Å². The van der Waals surface area contributed by atoms with E-state index in [-0.39, 0.29) is 5.82 Å². The summed E-state index contributed by atoms with van der Waals surface area (Å²) in [6.45, 7) is 7.64. The minimum atomic E-state index is -0.0988. The van der Waals surface area contributed by atoms with Gasteiger partial charge in [0, 0.05) is 16.5 Å². The van der Waals surface area contributed by atoms with E-state index in [0.29, 0.717) is 0 Å². The number of rotatable bonds is 1. The fraction of sp³-hybridized carbons (Fsp3) is 0.357. The van der Waals surface area contributed by atoms with E-state index in [0.717, 1.165) is 38.2 Å². The van der Waals surface area contributed by atoms with Crippen LogP contribution >= 0.6 is 11.8 Å².